The first-order chi connectivity index (χ1) is 12.4. The minimum Gasteiger partial charge on any atom is -0.491 e. The maximum atomic E-state index is 12.4. The Morgan fingerprint density at radius 3 is 2.42 bits per heavy atom. The fourth-order valence-corrected chi connectivity index (χ4v) is 3.41. The van der Waals surface area contributed by atoms with Crippen molar-refractivity contribution in [3.63, 3.8) is 0 Å². The Morgan fingerprint density at radius 1 is 1.23 bits per heavy atom. The number of urea groups is 1. The van der Waals surface area contributed by atoms with Gasteiger partial charge in [0.15, 0.2) is 5.75 Å². The van der Waals surface area contributed by atoms with E-state index in [2.05, 4.69) is 10.6 Å². The summed E-state index contributed by atoms with van der Waals surface area (Å²) < 4.78 is 10.4. The highest BCUT2D eigenvalue weighted by molar-refractivity contribution is 6.37. The van der Waals surface area contributed by atoms with Crippen LogP contribution in [0, 0.1) is 0 Å². The number of ether oxygens (including phenoxy) is 2. The molecule has 1 aliphatic rings. The van der Waals surface area contributed by atoms with Gasteiger partial charge in [-0.2, -0.15) is 0 Å². The molecule has 1 aromatic rings. The van der Waals surface area contributed by atoms with Gasteiger partial charge in [0, 0.05) is 5.70 Å². The highest BCUT2D eigenvalue weighted by atomic mass is 35.5. The molecule has 0 bridgehead atoms. The maximum Gasteiger partial charge on any atom is 0.337 e. The molecule has 1 aromatic carbocycles. The lowest BCUT2D eigenvalue weighted by atomic mass is 9.93. The van der Waals surface area contributed by atoms with Crippen LogP contribution in [0.25, 0.3) is 0 Å². The van der Waals surface area contributed by atoms with Crippen LogP contribution in [0.2, 0.25) is 10.0 Å². The Morgan fingerprint density at radius 2 is 1.88 bits per heavy atom. The number of esters is 1. The van der Waals surface area contributed by atoms with Crippen LogP contribution in [0.15, 0.2) is 23.4 Å². The lowest BCUT2D eigenvalue weighted by Gasteiger charge is -2.29. The van der Waals surface area contributed by atoms with E-state index < -0.39 is 18.0 Å². The molecule has 0 radical (unpaired) electrons. The van der Waals surface area contributed by atoms with Gasteiger partial charge in [0.25, 0.3) is 0 Å². The summed E-state index contributed by atoms with van der Waals surface area (Å²) in [7, 11) is 1.30. The lowest BCUT2D eigenvalue weighted by Crippen LogP contribution is -2.45. The Balaban J connectivity index is 2.53. The van der Waals surface area contributed by atoms with E-state index >= 15 is 0 Å². The molecular formula is C18H22Cl2N2O4. The monoisotopic (exact) mass is 400 g/mol. The lowest BCUT2D eigenvalue weighted by molar-refractivity contribution is -0.136. The average molecular weight is 401 g/mol. The molecule has 1 aliphatic heterocycles. The second-order valence-corrected chi connectivity index (χ2v) is 6.58. The number of unbranched alkanes of at least 4 members (excludes halogenated alkanes) is 1. The van der Waals surface area contributed by atoms with E-state index in [0.717, 1.165) is 12.8 Å². The summed E-state index contributed by atoms with van der Waals surface area (Å²) in [6, 6.07) is 2.16. The van der Waals surface area contributed by atoms with E-state index in [1.807, 2.05) is 13.8 Å². The van der Waals surface area contributed by atoms with Gasteiger partial charge in [-0.25, -0.2) is 9.59 Å². The summed E-state index contributed by atoms with van der Waals surface area (Å²) in [6.07, 6.45) is 2.31. The smallest absolute Gasteiger partial charge is 0.337 e. The van der Waals surface area contributed by atoms with Crippen molar-refractivity contribution < 1.29 is 19.1 Å². The fourth-order valence-electron chi connectivity index (χ4n) is 2.80. The standard InChI is InChI=1S/C18H22Cl2N2O4/c1-4-6-7-13-14(17(23)25-3)15(22-18(24)21-13)10-8-11(19)16(26-5-2)12(20)9-10/h8-9,15H,4-7H2,1-3H3,(H2,21,22,24). The van der Waals surface area contributed by atoms with Crippen molar-refractivity contribution in [2.45, 2.75) is 39.2 Å². The van der Waals surface area contributed by atoms with Crippen molar-refractivity contribution in [1.29, 1.82) is 0 Å². The normalized spacial score (nSPS) is 16.8. The predicted molar refractivity (Wildman–Crippen MR) is 101 cm³/mol. The zero-order valence-electron chi connectivity index (χ0n) is 14.9. The van der Waals surface area contributed by atoms with Crippen LogP contribution < -0.4 is 15.4 Å². The number of rotatable bonds is 7. The molecule has 1 heterocycles. The van der Waals surface area contributed by atoms with E-state index in [1.54, 1.807) is 12.1 Å². The second-order valence-electron chi connectivity index (χ2n) is 5.77. The van der Waals surface area contributed by atoms with Gasteiger partial charge < -0.3 is 20.1 Å². The third-order valence-corrected chi connectivity index (χ3v) is 4.54. The molecule has 26 heavy (non-hydrogen) atoms. The van der Waals surface area contributed by atoms with Crippen LogP contribution in [0.3, 0.4) is 0 Å². The quantitative estimate of drug-likeness (QED) is 0.666. The van der Waals surface area contributed by atoms with Crippen molar-refractivity contribution >= 4 is 35.2 Å². The average Bonchev–Trinajstić information content (AvgIpc) is 2.61. The molecule has 6 nitrogen and oxygen atoms in total. The van der Waals surface area contributed by atoms with E-state index in [-0.39, 0.29) is 0 Å². The topological polar surface area (TPSA) is 76.7 Å². The van der Waals surface area contributed by atoms with Gasteiger partial charge in [-0.3, -0.25) is 0 Å². The Hall–Kier alpha value is -1.92. The second kappa shape index (κ2) is 9.14. The Bertz CT molecular complexity index is 711. The summed E-state index contributed by atoms with van der Waals surface area (Å²) in [6.45, 7) is 4.27. The predicted octanol–water partition coefficient (Wildman–Crippen LogP) is 4.36. The summed E-state index contributed by atoms with van der Waals surface area (Å²) in [5, 5.41) is 6.07. The number of allylic oxidation sites excluding steroid dienone is 1. The van der Waals surface area contributed by atoms with Gasteiger partial charge in [0.2, 0.25) is 0 Å². The molecule has 0 saturated heterocycles. The van der Waals surface area contributed by atoms with Gasteiger partial charge in [-0.1, -0.05) is 36.5 Å². The summed E-state index contributed by atoms with van der Waals surface area (Å²) >= 11 is 12.6. The number of carbonyl (C=O) groups excluding carboxylic acids is 2. The van der Waals surface area contributed by atoms with Crippen LogP contribution >= 0.6 is 23.2 Å². The third-order valence-electron chi connectivity index (χ3n) is 3.98. The van der Waals surface area contributed by atoms with E-state index in [9.17, 15) is 9.59 Å². The number of nitrogens with one attached hydrogen (secondary N) is 2. The minimum absolute atomic E-state index is 0.307. The van der Waals surface area contributed by atoms with Gasteiger partial charge in [0.05, 0.1) is 35.4 Å². The number of carbonyl (C=O) groups is 2. The molecule has 1 atom stereocenters. The molecule has 0 saturated carbocycles. The number of benzene rings is 1. The van der Waals surface area contributed by atoms with Gasteiger partial charge in [0.1, 0.15) is 0 Å². The minimum atomic E-state index is -0.714. The zero-order chi connectivity index (χ0) is 19.3. The number of methoxy groups -OCH3 is 1. The van der Waals surface area contributed by atoms with Crippen LogP contribution in [0.4, 0.5) is 4.79 Å². The molecule has 0 fully saturated rings. The number of hydrogen-bond donors (Lipinski definition) is 2. The van der Waals surface area contributed by atoms with Crippen LogP contribution in [0.1, 0.15) is 44.7 Å². The van der Waals surface area contributed by atoms with Crippen molar-refractivity contribution in [3.8, 4) is 5.75 Å². The van der Waals surface area contributed by atoms with Crippen molar-refractivity contribution in [3.05, 3.63) is 39.0 Å². The molecule has 0 aliphatic carbocycles. The molecule has 2 amide bonds. The number of hydrogen-bond acceptors (Lipinski definition) is 4. The fraction of sp³-hybridized carbons (Fsp3) is 0.444. The summed E-state index contributed by atoms with van der Waals surface area (Å²) in [5.74, 6) is -0.149. The Labute approximate surface area is 162 Å². The molecular weight excluding hydrogens is 379 g/mol. The SMILES string of the molecule is CCCCC1=C(C(=O)OC)C(c2cc(Cl)c(OCC)c(Cl)c2)NC(=O)N1. The molecule has 2 rings (SSSR count). The van der Waals surface area contributed by atoms with Gasteiger partial charge in [-0.05, 0) is 37.5 Å². The molecule has 142 valence electrons. The molecule has 2 N–H and O–H groups in total. The Kier molecular flexibility index (Phi) is 7.17. The van der Waals surface area contributed by atoms with Crippen LogP contribution in [-0.4, -0.2) is 25.7 Å². The molecule has 1 unspecified atom stereocenters. The van der Waals surface area contributed by atoms with Gasteiger partial charge >= 0.3 is 12.0 Å². The number of halogens is 2. The van der Waals surface area contributed by atoms with E-state index in [4.69, 9.17) is 32.7 Å². The highest BCUT2D eigenvalue weighted by Gasteiger charge is 2.33. The first kappa shape index (κ1) is 20.4. The molecule has 0 spiro atoms. The van der Waals surface area contributed by atoms with Crippen molar-refractivity contribution in [2.24, 2.45) is 0 Å². The van der Waals surface area contributed by atoms with Gasteiger partial charge in [-0.15, -0.1) is 0 Å². The maximum absolute atomic E-state index is 12.4. The largest absolute Gasteiger partial charge is 0.491 e. The molecule has 0 aromatic heterocycles. The van der Waals surface area contributed by atoms with Crippen LogP contribution in [-0.2, 0) is 9.53 Å². The van der Waals surface area contributed by atoms with Crippen LogP contribution in [0.5, 0.6) is 5.75 Å². The van der Waals surface area contributed by atoms with E-state index in [0.29, 0.717) is 45.7 Å². The zero-order valence-corrected chi connectivity index (χ0v) is 16.5. The third kappa shape index (κ3) is 4.43. The summed E-state index contributed by atoms with van der Waals surface area (Å²) in [4.78, 5) is 24.5. The first-order valence-corrected chi connectivity index (χ1v) is 9.19. The molecule has 8 heteroatoms. The van der Waals surface area contributed by atoms with Crippen molar-refractivity contribution in [2.75, 3.05) is 13.7 Å². The highest BCUT2D eigenvalue weighted by Crippen LogP contribution is 2.38. The first-order valence-electron chi connectivity index (χ1n) is 8.43. The van der Waals surface area contributed by atoms with Crippen molar-refractivity contribution in [1.82, 2.24) is 10.6 Å². The van der Waals surface area contributed by atoms with E-state index in [1.165, 1.54) is 7.11 Å². The summed E-state index contributed by atoms with van der Waals surface area (Å²) in [5.41, 5.74) is 1.47. The number of amides is 2.